The van der Waals surface area contributed by atoms with E-state index in [-0.39, 0.29) is 11.6 Å². The Labute approximate surface area is 137 Å². The lowest BCUT2D eigenvalue weighted by Gasteiger charge is -2.32. The lowest BCUT2D eigenvalue weighted by atomic mass is 9.78. The maximum absolute atomic E-state index is 13.5. The molecule has 0 radical (unpaired) electrons. The van der Waals surface area contributed by atoms with Gasteiger partial charge < -0.3 is 14.0 Å². The second-order valence-electron chi connectivity index (χ2n) is 6.36. The number of ether oxygens (including phenoxy) is 1. The van der Waals surface area contributed by atoms with Crippen LogP contribution in [-0.4, -0.2) is 31.2 Å². The van der Waals surface area contributed by atoms with Gasteiger partial charge in [-0.05, 0) is 50.9 Å². The first-order valence-corrected chi connectivity index (χ1v) is 7.84. The molecule has 0 atom stereocenters. The fourth-order valence-electron chi connectivity index (χ4n) is 2.16. The zero-order valence-electron chi connectivity index (χ0n) is 13.6. The minimum absolute atomic E-state index is 0.209. The van der Waals surface area contributed by atoms with Crippen molar-refractivity contribution in [1.29, 1.82) is 0 Å². The van der Waals surface area contributed by atoms with Crippen LogP contribution in [0.4, 0.5) is 4.39 Å². The van der Waals surface area contributed by atoms with Crippen LogP contribution in [0.5, 0.6) is 5.75 Å². The van der Waals surface area contributed by atoms with Gasteiger partial charge in [0.15, 0.2) is 11.6 Å². The van der Waals surface area contributed by atoms with Gasteiger partial charge in [0.25, 0.3) is 0 Å². The number of methoxy groups -OCH3 is 1. The molecular weight excluding hydrogens is 302 g/mol. The van der Waals surface area contributed by atoms with E-state index in [1.54, 1.807) is 12.1 Å². The number of hydrogen-bond donors (Lipinski definition) is 1. The van der Waals surface area contributed by atoms with Crippen LogP contribution >= 0.6 is 12.6 Å². The first-order chi connectivity index (χ1) is 10.2. The Morgan fingerprint density at radius 3 is 2.36 bits per heavy atom. The van der Waals surface area contributed by atoms with E-state index in [9.17, 15) is 4.39 Å². The molecule has 0 aliphatic carbocycles. The highest BCUT2D eigenvalue weighted by Gasteiger charge is 2.52. The molecule has 3 nitrogen and oxygen atoms in total. The molecule has 0 spiro atoms. The molecule has 1 fully saturated rings. The molecule has 22 heavy (non-hydrogen) atoms. The largest absolute Gasteiger partial charge is 0.494 e. The molecule has 1 aromatic carbocycles. The molecule has 1 aliphatic heterocycles. The number of benzene rings is 1. The lowest BCUT2D eigenvalue weighted by Crippen LogP contribution is -2.41. The molecule has 1 saturated heterocycles. The molecular formula is C16H22BFO3S. The number of thiol groups is 1. The van der Waals surface area contributed by atoms with Crippen molar-refractivity contribution >= 4 is 25.8 Å². The van der Waals surface area contributed by atoms with Gasteiger partial charge in [-0.25, -0.2) is 4.39 Å². The predicted octanol–water partition coefficient (Wildman–Crippen LogP) is 3.78. The Morgan fingerprint density at radius 2 is 1.86 bits per heavy atom. The summed E-state index contributed by atoms with van der Waals surface area (Å²) in [5.41, 5.74) is 0.896. The van der Waals surface area contributed by atoms with Crippen LogP contribution in [0.25, 0.3) is 6.08 Å². The van der Waals surface area contributed by atoms with Gasteiger partial charge in [0, 0.05) is 5.75 Å². The number of halogens is 1. The monoisotopic (exact) mass is 324 g/mol. The first kappa shape index (κ1) is 17.4. The Bertz CT molecular complexity index is 571. The molecule has 120 valence electrons. The van der Waals surface area contributed by atoms with Gasteiger partial charge in [0.2, 0.25) is 0 Å². The highest BCUT2D eigenvalue weighted by atomic mass is 32.1. The third-order valence-electron chi connectivity index (χ3n) is 4.27. The smallest absolute Gasteiger partial charge is 0.491 e. The number of rotatable bonds is 4. The zero-order valence-corrected chi connectivity index (χ0v) is 14.5. The van der Waals surface area contributed by atoms with Gasteiger partial charge in [-0.1, -0.05) is 12.1 Å². The highest BCUT2D eigenvalue weighted by Crippen LogP contribution is 2.39. The molecule has 0 bridgehead atoms. The van der Waals surface area contributed by atoms with Crippen LogP contribution in [0.15, 0.2) is 23.7 Å². The average molecular weight is 324 g/mol. The predicted molar refractivity (Wildman–Crippen MR) is 90.9 cm³/mol. The standard InChI is InChI=1S/C16H22BFO3S/c1-15(2)16(3,4)21-17(20-15)12(10-22)8-11-6-7-13(18)14(9-11)19-5/h6-9,22H,10H2,1-5H3. The van der Waals surface area contributed by atoms with Crippen molar-refractivity contribution in [2.45, 2.75) is 38.9 Å². The molecule has 1 aromatic rings. The van der Waals surface area contributed by atoms with E-state index in [1.165, 1.54) is 13.2 Å². The van der Waals surface area contributed by atoms with Crippen molar-refractivity contribution in [2.24, 2.45) is 0 Å². The molecule has 2 rings (SSSR count). The second-order valence-corrected chi connectivity index (χ2v) is 6.68. The van der Waals surface area contributed by atoms with Crippen molar-refractivity contribution < 1.29 is 18.4 Å². The van der Waals surface area contributed by atoms with Gasteiger partial charge in [-0.3, -0.25) is 0 Å². The van der Waals surface area contributed by atoms with Crippen LogP contribution in [0.1, 0.15) is 33.3 Å². The van der Waals surface area contributed by atoms with Crippen molar-refractivity contribution in [3.63, 3.8) is 0 Å². The maximum atomic E-state index is 13.5. The van der Waals surface area contributed by atoms with Gasteiger partial charge >= 0.3 is 7.12 Å². The van der Waals surface area contributed by atoms with Crippen molar-refractivity contribution in [3.05, 3.63) is 35.1 Å². The van der Waals surface area contributed by atoms with E-state index >= 15 is 0 Å². The topological polar surface area (TPSA) is 27.7 Å². The van der Waals surface area contributed by atoms with Gasteiger partial charge in [0.05, 0.1) is 18.3 Å². The van der Waals surface area contributed by atoms with Crippen LogP contribution in [0.2, 0.25) is 0 Å². The van der Waals surface area contributed by atoms with E-state index in [1.807, 2.05) is 33.8 Å². The van der Waals surface area contributed by atoms with Gasteiger partial charge in [0.1, 0.15) is 0 Å². The summed E-state index contributed by atoms with van der Waals surface area (Å²) in [4.78, 5) is 0. The minimum Gasteiger partial charge on any atom is -0.494 e. The fourth-order valence-corrected chi connectivity index (χ4v) is 2.40. The minimum atomic E-state index is -0.460. The summed E-state index contributed by atoms with van der Waals surface area (Å²) in [6.45, 7) is 8.02. The molecule has 1 heterocycles. The average Bonchev–Trinajstić information content (AvgIpc) is 2.66. The lowest BCUT2D eigenvalue weighted by molar-refractivity contribution is 0.00578. The SMILES string of the molecule is COc1cc(C=C(CS)B2OC(C)(C)C(C)(C)O2)ccc1F. The third-order valence-corrected chi connectivity index (χ3v) is 4.63. The molecule has 0 amide bonds. The summed E-state index contributed by atoms with van der Waals surface area (Å²) in [7, 11) is 0.984. The Kier molecular flexibility index (Phi) is 4.95. The molecule has 6 heteroatoms. The van der Waals surface area contributed by atoms with Crippen molar-refractivity contribution in [3.8, 4) is 5.75 Å². The molecule has 1 aliphatic rings. The van der Waals surface area contributed by atoms with Crippen LogP contribution in [0.3, 0.4) is 0 Å². The third kappa shape index (κ3) is 3.34. The normalized spacial score (nSPS) is 20.3. The van der Waals surface area contributed by atoms with Gasteiger partial charge in [-0.2, -0.15) is 12.6 Å². The van der Waals surface area contributed by atoms with Crippen LogP contribution in [0, 0.1) is 5.82 Å². The molecule has 0 N–H and O–H groups in total. The number of hydrogen-bond acceptors (Lipinski definition) is 4. The summed E-state index contributed by atoms with van der Waals surface area (Å²) in [5.74, 6) is 0.306. The molecule has 0 saturated carbocycles. The Morgan fingerprint density at radius 1 is 1.27 bits per heavy atom. The van der Waals surface area contributed by atoms with E-state index in [2.05, 4.69) is 12.6 Å². The first-order valence-electron chi connectivity index (χ1n) is 7.20. The van der Waals surface area contributed by atoms with E-state index in [0.29, 0.717) is 5.75 Å². The molecule has 0 aromatic heterocycles. The van der Waals surface area contributed by atoms with Crippen LogP contribution in [-0.2, 0) is 9.31 Å². The van der Waals surface area contributed by atoms with E-state index in [0.717, 1.165) is 11.0 Å². The summed E-state index contributed by atoms with van der Waals surface area (Å²) in [6, 6.07) is 4.71. The fraction of sp³-hybridized carbons (Fsp3) is 0.500. The second kappa shape index (κ2) is 6.26. The van der Waals surface area contributed by atoms with E-state index < -0.39 is 18.3 Å². The van der Waals surface area contributed by atoms with Crippen molar-refractivity contribution in [2.75, 3.05) is 12.9 Å². The van der Waals surface area contributed by atoms with Crippen LogP contribution < -0.4 is 4.74 Å². The summed E-state index contributed by atoms with van der Waals surface area (Å²) in [5, 5.41) is 0. The quantitative estimate of drug-likeness (QED) is 0.675. The Hall–Kier alpha value is -0.975. The molecule has 0 unspecified atom stereocenters. The van der Waals surface area contributed by atoms with Crippen molar-refractivity contribution in [1.82, 2.24) is 0 Å². The highest BCUT2D eigenvalue weighted by molar-refractivity contribution is 7.80. The van der Waals surface area contributed by atoms with Gasteiger partial charge in [-0.15, -0.1) is 0 Å². The summed E-state index contributed by atoms with van der Waals surface area (Å²) in [6.07, 6.45) is 1.90. The van der Waals surface area contributed by atoms with E-state index in [4.69, 9.17) is 14.0 Å². The zero-order chi connectivity index (χ0) is 16.5. The summed E-state index contributed by atoms with van der Waals surface area (Å²) < 4.78 is 30.5. The Balaban J connectivity index is 2.29. The maximum Gasteiger partial charge on any atom is 0.491 e. The summed E-state index contributed by atoms with van der Waals surface area (Å²) >= 11 is 4.37.